The topological polar surface area (TPSA) is 67.4 Å². The van der Waals surface area contributed by atoms with Gasteiger partial charge in [0.15, 0.2) is 0 Å². The third-order valence-electron chi connectivity index (χ3n) is 4.29. The van der Waals surface area contributed by atoms with E-state index in [1.54, 1.807) is 31.2 Å². The van der Waals surface area contributed by atoms with E-state index < -0.39 is 6.09 Å². The molecule has 2 saturated carbocycles. The van der Waals surface area contributed by atoms with Crippen LogP contribution < -0.4 is 10.6 Å². The molecule has 5 heteroatoms. The molecule has 21 heavy (non-hydrogen) atoms. The van der Waals surface area contributed by atoms with Gasteiger partial charge in [-0.05, 0) is 62.3 Å². The van der Waals surface area contributed by atoms with Crippen molar-refractivity contribution in [1.29, 1.82) is 0 Å². The second-order valence-corrected chi connectivity index (χ2v) is 5.84. The van der Waals surface area contributed by atoms with Crippen LogP contribution >= 0.6 is 0 Å². The van der Waals surface area contributed by atoms with Gasteiger partial charge in [0.25, 0.3) is 0 Å². The van der Waals surface area contributed by atoms with Crippen molar-refractivity contribution in [3.05, 3.63) is 24.3 Å². The predicted octanol–water partition coefficient (Wildman–Crippen LogP) is 3.24. The van der Waals surface area contributed by atoms with Gasteiger partial charge < -0.3 is 10.1 Å². The second-order valence-electron chi connectivity index (χ2n) is 5.84. The van der Waals surface area contributed by atoms with E-state index in [9.17, 15) is 9.59 Å². The molecule has 0 spiro atoms. The Labute approximate surface area is 124 Å². The third kappa shape index (κ3) is 3.35. The smallest absolute Gasteiger partial charge is 0.411 e. The summed E-state index contributed by atoms with van der Waals surface area (Å²) in [6.07, 6.45) is 2.93. The van der Waals surface area contributed by atoms with Crippen LogP contribution in [0.15, 0.2) is 24.3 Å². The molecule has 1 aromatic rings. The maximum Gasteiger partial charge on any atom is 0.411 e. The predicted molar refractivity (Wildman–Crippen MR) is 80.0 cm³/mol. The summed E-state index contributed by atoms with van der Waals surface area (Å²) in [4.78, 5) is 23.4. The fourth-order valence-corrected chi connectivity index (χ4v) is 3.10. The molecular formula is C16H20N2O3. The summed E-state index contributed by atoms with van der Waals surface area (Å²) in [7, 11) is 0. The van der Waals surface area contributed by atoms with Gasteiger partial charge in [-0.25, -0.2) is 4.79 Å². The highest BCUT2D eigenvalue weighted by Crippen LogP contribution is 2.54. The van der Waals surface area contributed by atoms with E-state index in [4.69, 9.17) is 4.74 Å². The maximum atomic E-state index is 12.1. The highest BCUT2D eigenvalue weighted by atomic mass is 16.5. The Hall–Kier alpha value is -2.04. The largest absolute Gasteiger partial charge is 0.450 e. The number of carbonyl (C=O) groups is 2. The zero-order chi connectivity index (χ0) is 14.8. The van der Waals surface area contributed by atoms with E-state index in [1.165, 1.54) is 6.42 Å². The Balaban J connectivity index is 1.52. The van der Waals surface area contributed by atoms with E-state index in [0.717, 1.165) is 30.4 Å². The molecule has 0 aliphatic heterocycles. The monoisotopic (exact) mass is 288 g/mol. The SMILES string of the molecule is CCOC(=O)Nc1ccc(NC(=O)C2CC3CC3C2)cc1. The molecule has 3 rings (SSSR count). The lowest BCUT2D eigenvalue weighted by Crippen LogP contribution is -2.21. The van der Waals surface area contributed by atoms with Crippen molar-refractivity contribution in [2.24, 2.45) is 17.8 Å². The van der Waals surface area contributed by atoms with Crippen LogP contribution in [-0.4, -0.2) is 18.6 Å². The molecule has 2 atom stereocenters. The van der Waals surface area contributed by atoms with E-state index >= 15 is 0 Å². The molecule has 2 aliphatic carbocycles. The summed E-state index contributed by atoms with van der Waals surface area (Å²) in [6, 6.07) is 7.07. The zero-order valence-electron chi connectivity index (χ0n) is 12.1. The molecule has 2 amide bonds. The number of nitrogens with one attached hydrogen (secondary N) is 2. The molecule has 0 bridgehead atoms. The van der Waals surface area contributed by atoms with Crippen molar-refractivity contribution in [3.63, 3.8) is 0 Å². The molecule has 2 N–H and O–H groups in total. The molecule has 0 radical (unpaired) electrons. The lowest BCUT2D eigenvalue weighted by molar-refractivity contribution is -0.120. The third-order valence-corrected chi connectivity index (χ3v) is 4.29. The summed E-state index contributed by atoms with van der Waals surface area (Å²) in [6.45, 7) is 2.09. The van der Waals surface area contributed by atoms with Crippen molar-refractivity contribution < 1.29 is 14.3 Å². The molecule has 0 aromatic heterocycles. The number of hydrogen-bond donors (Lipinski definition) is 2. The normalized spacial score (nSPS) is 25.9. The van der Waals surface area contributed by atoms with Crippen LogP contribution in [-0.2, 0) is 9.53 Å². The highest BCUT2D eigenvalue weighted by Gasteiger charge is 2.47. The minimum absolute atomic E-state index is 0.119. The van der Waals surface area contributed by atoms with Crippen molar-refractivity contribution in [2.45, 2.75) is 26.2 Å². The molecule has 0 heterocycles. The lowest BCUT2D eigenvalue weighted by atomic mass is 10.0. The summed E-state index contributed by atoms with van der Waals surface area (Å²) in [5, 5.41) is 5.56. The van der Waals surface area contributed by atoms with Gasteiger partial charge in [0.1, 0.15) is 0 Å². The van der Waals surface area contributed by atoms with Gasteiger partial charge in [0, 0.05) is 17.3 Å². The number of carbonyl (C=O) groups excluding carboxylic acids is 2. The first-order valence-corrected chi connectivity index (χ1v) is 7.50. The number of fused-ring (bicyclic) bond motifs is 1. The van der Waals surface area contributed by atoms with Gasteiger partial charge in [-0.3, -0.25) is 10.1 Å². The lowest BCUT2D eigenvalue weighted by Gasteiger charge is -2.12. The molecule has 112 valence electrons. The van der Waals surface area contributed by atoms with Crippen LogP contribution in [0.5, 0.6) is 0 Å². The van der Waals surface area contributed by atoms with Gasteiger partial charge in [-0.1, -0.05) is 0 Å². The van der Waals surface area contributed by atoms with Crippen molar-refractivity contribution >= 4 is 23.4 Å². The van der Waals surface area contributed by atoms with Gasteiger partial charge in [0.2, 0.25) is 5.91 Å². The van der Waals surface area contributed by atoms with E-state index in [1.807, 2.05) is 0 Å². The fourth-order valence-electron chi connectivity index (χ4n) is 3.10. The number of hydrogen-bond acceptors (Lipinski definition) is 3. The number of rotatable bonds is 4. The summed E-state index contributed by atoms with van der Waals surface area (Å²) < 4.78 is 4.80. The summed E-state index contributed by atoms with van der Waals surface area (Å²) in [5.74, 6) is 1.90. The van der Waals surface area contributed by atoms with Crippen LogP contribution in [0, 0.1) is 17.8 Å². The molecule has 2 aliphatic rings. The number of benzene rings is 1. The van der Waals surface area contributed by atoms with E-state index in [0.29, 0.717) is 12.3 Å². The van der Waals surface area contributed by atoms with Crippen molar-refractivity contribution in [2.75, 3.05) is 17.2 Å². The van der Waals surface area contributed by atoms with Gasteiger partial charge in [-0.15, -0.1) is 0 Å². The quantitative estimate of drug-likeness (QED) is 0.893. The summed E-state index contributed by atoms with van der Waals surface area (Å²) >= 11 is 0. The van der Waals surface area contributed by atoms with Crippen LogP contribution in [0.1, 0.15) is 26.2 Å². The van der Waals surface area contributed by atoms with Crippen LogP contribution in [0.3, 0.4) is 0 Å². The first kappa shape index (κ1) is 13.9. The van der Waals surface area contributed by atoms with Crippen LogP contribution in [0.4, 0.5) is 16.2 Å². The van der Waals surface area contributed by atoms with E-state index in [2.05, 4.69) is 10.6 Å². The van der Waals surface area contributed by atoms with Crippen LogP contribution in [0.25, 0.3) is 0 Å². The minimum Gasteiger partial charge on any atom is -0.450 e. The maximum absolute atomic E-state index is 12.1. The molecule has 2 unspecified atom stereocenters. The Morgan fingerprint density at radius 2 is 1.62 bits per heavy atom. The van der Waals surface area contributed by atoms with E-state index in [-0.39, 0.29) is 11.8 Å². The molecule has 1 aromatic carbocycles. The average Bonchev–Trinajstić information content (AvgIpc) is 3.07. The molecule has 5 nitrogen and oxygen atoms in total. The zero-order valence-corrected chi connectivity index (χ0v) is 12.1. The van der Waals surface area contributed by atoms with Gasteiger partial charge >= 0.3 is 6.09 Å². The Bertz CT molecular complexity index is 531. The van der Waals surface area contributed by atoms with Crippen LogP contribution in [0.2, 0.25) is 0 Å². The molecule has 2 fully saturated rings. The first-order chi connectivity index (χ1) is 10.2. The number of ether oxygens (including phenoxy) is 1. The number of anilines is 2. The summed E-state index contributed by atoms with van der Waals surface area (Å²) in [5.41, 5.74) is 1.41. The highest BCUT2D eigenvalue weighted by molar-refractivity contribution is 5.93. The van der Waals surface area contributed by atoms with Crippen molar-refractivity contribution in [3.8, 4) is 0 Å². The molecular weight excluding hydrogens is 268 g/mol. The fraction of sp³-hybridized carbons (Fsp3) is 0.500. The standard InChI is InChI=1S/C16H20N2O3/c1-2-21-16(20)18-14-5-3-13(4-6-14)17-15(19)12-8-10-7-11(10)9-12/h3-6,10-12H,2,7-9H2,1H3,(H,17,19)(H,18,20). The van der Waals surface area contributed by atoms with Gasteiger partial charge in [0.05, 0.1) is 6.61 Å². The van der Waals surface area contributed by atoms with Crippen molar-refractivity contribution in [1.82, 2.24) is 0 Å². The minimum atomic E-state index is -0.473. The average molecular weight is 288 g/mol. The number of amides is 2. The second kappa shape index (κ2) is 5.76. The molecule has 0 saturated heterocycles. The first-order valence-electron chi connectivity index (χ1n) is 7.50. The Morgan fingerprint density at radius 1 is 1.05 bits per heavy atom. The van der Waals surface area contributed by atoms with Gasteiger partial charge in [-0.2, -0.15) is 0 Å². The Morgan fingerprint density at radius 3 is 2.19 bits per heavy atom. The Kier molecular flexibility index (Phi) is 3.82.